The maximum Gasteiger partial charge on any atom is 0.246 e. The van der Waals surface area contributed by atoms with Crippen LogP contribution in [0.1, 0.15) is 32.1 Å². The van der Waals surface area contributed by atoms with Gasteiger partial charge in [0.1, 0.15) is 9.92 Å². The van der Waals surface area contributed by atoms with Crippen molar-refractivity contribution in [2.45, 2.75) is 43.1 Å². The molecule has 1 aliphatic carbocycles. The molecule has 1 aromatic carbocycles. The number of halogens is 2. The highest BCUT2D eigenvalue weighted by Gasteiger charge is 2.47. The van der Waals surface area contributed by atoms with Crippen LogP contribution < -0.4 is 4.74 Å². The number of hydrogen-bond acceptors (Lipinski definition) is 4. The van der Waals surface area contributed by atoms with E-state index in [-0.39, 0.29) is 26.1 Å². The van der Waals surface area contributed by atoms with Crippen LogP contribution in [0, 0.1) is 5.41 Å². The maximum absolute atomic E-state index is 13.1. The number of nitrogens with zero attached hydrogens (tertiary/aromatic N) is 1. The van der Waals surface area contributed by atoms with Gasteiger partial charge in [-0.25, -0.2) is 8.42 Å². The van der Waals surface area contributed by atoms with Crippen LogP contribution in [0.25, 0.3) is 0 Å². The van der Waals surface area contributed by atoms with Crippen molar-refractivity contribution < 1.29 is 18.3 Å². The number of piperidine rings is 1. The van der Waals surface area contributed by atoms with Crippen molar-refractivity contribution in [3.63, 3.8) is 0 Å². The smallest absolute Gasteiger partial charge is 0.246 e. The average molecular weight is 394 g/mol. The molecule has 8 heteroatoms. The van der Waals surface area contributed by atoms with Crippen molar-refractivity contribution in [2.24, 2.45) is 5.41 Å². The van der Waals surface area contributed by atoms with E-state index in [1.807, 2.05) is 0 Å². The molecule has 0 radical (unpaired) electrons. The van der Waals surface area contributed by atoms with Crippen molar-refractivity contribution >= 4 is 33.2 Å². The third-order valence-electron chi connectivity index (χ3n) is 5.27. The van der Waals surface area contributed by atoms with Crippen molar-refractivity contribution in [3.05, 3.63) is 22.2 Å². The molecule has 0 bridgehead atoms. The van der Waals surface area contributed by atoms with E-state index < -0.39 is 16.1 Å². The second-order valence-electron chi connectivity index (χ2n) is 6.61. The van der Waals surface area contributed by atoms with Gasteiger partial charge in [-0.05, 0) is 37.8 Å². The fourth-order valence-corrected chi connectivity index (χ4v) is 6.15. The normalized spacial score (nSPS) is 28.4. The van der Waals surface area contributed by atoms with Gasteiger partial charge in [-0.15, -0.1) is 0 Å². The fourth-order valence-electron chi connectivity index (χ4n) is 3.97. The zero-order valence-electron chi connectivity index (χ0n) is 13.5. The number of methoxy groups -OCH3 is 1. The second-order valence-corrected chi connectivity index (χ2v) is 9.30. The first kappa shape index (κ1) is 18.3. The lowest BCUT2D eigenvalue weighted by Crippen LogP contribution is -2.49. The zero-order chi connectivity index (χ0) is 17.5. The van der Waals surface area contributed by atoms with Crippen molar-refractivity contribution in [1.29, 1.82) is 0 Å². The van der Waals surface area contributed by atoms with Gasteiger partial charge in [-0.3, -0.25) is 0 Å². The van der Waals surface area contributed by atoms with E-state index in [2.05, 4.69) is 0 Å². The first-order valence-corrected chi connectivity index (χ1v) is 10.2. The van der Waals surface area contributed by atoms with Crippen LogP contribution in [0.2, 0.25) is 10.0 Å². The first-order valence-electron chi connectivity index (χ1n) is 8.02. The Hall–Kier alpha value is -0.530. The Balaban J connectivity index is 1.98. The largest absolute Gasteiger partial charge is 0.494 e. The van der Waals surface area contributed by atoms with E-state index in [9.17, 15) is 13.5 Å². The highest BCUT2D eigenvalue weighted by molar-refractivity contribution is 7.89. The number of aliphatic hydroxyl groups is 1. The molecule has 0 amide bonds. The van der Waals surface area contributed by atoms with E-state index in [0.29, 0.717) is 13.1 Å². The summed E-state index contributed by atoms with van der Waals surface area (Å²) in [6, 6.07) is 2.89. The topological polar surface area (TPSA) is 66.8 Å². The van der Waals surface area contributed by atoms with E-state index in [1.165, 1.54) is 23.5 Å². The Kier molecular flexibility index (Phi) is 5.06. The number of ether oxygens (including phenoxy) is 1. The summed E-state index contributed by atoms with van der Waals surface area (Å²) in [7, 11) is -2.41. The summed E-state index contributed by atoms with van der Waals surface area (Å²) in [5.41, 5.74) is -0.325. The third-order valence-corrected chi connectivity index (χ3v) is 7.92. The van der Waals surface area contributed by atoms with Gasteiger partial charge in [-0.1, -0.05) is 29.6 Å². The molecule has 1 saturated heterocycles. The van der Waals surface area contributed by atoms with E-state index in [4.69, 9.17) is 27.9 Å². The monoisotopic (exact) mass is 393 g/mol. The van der Waals surface area contributed by atoms with Crippen molar-refractivity contribution in [3.8, 4) is 5.75 Å². The van der Waals surface area contributed by atoms with Gasteiger partial charge >= 0.3 is 0 Å². The molecule has 0 unspecified atom stereocenters. The van der Waals surface area contributed by atoms with Crippen molar-refractivity contribution in [1.82, 2.24) is 4.31 Å². The number of hydrogen-bond donors (Lipinski definition) is 1. The van der Waals surface area contributed by atoms with Crippen LogP contribution in [0.15, 0.2) is 17.0 Å². The van der Waals surface area contributed by atoms with Crippen LogP contribution >= 0.6 is 23.2 Å². The van der Waals surface area contributed by atoms with Crippen LogP contribution in [0.4, 0.5) is 0 Å². The Morgan fingerprint density at radius 3 is 2.62 bits per heavy atom. The van der Waals surface area contributed by atoms with Gasteiger partial charge in [0, 0.05) is 18.5 Å². The molecular weight excluding hydrogens is 373 g/mol. The summed E-state index contributed by atoms with van der Waals surface area (Å²) in [5.74, 6) is 0.0655. The molecule has 2 fully saturated rings. The summed E-state index contributed by atoms with van der Waals surface area (Å²) in [4.78, 5) is 0.0175. The number of benzene rings is 1. The highest BCUT2D eigenvalue weighted by Crippen LogP contribution is 2.47. The maximum atomic E-state index is 13.1. The van der Waals surface area contributed by atoms with E-state index in [0.717, 1.165) is 32.1 Å². The van der Waals surface area contributed by atoms with Crippen molar-refractivity contribution in [2.75, 3.05) is 20.2 Å². The van der Waals surface area contributed by atoms with Gasteiger partial charge in [0.15, 0.2) is 5.75 Å². The van der Waals surface area contributed by atoms with Gasteiger partial charge in [0.2, 0.25) is 10.0 Å². The summed E-state index contributed by atoms with van der Waals surface area (Å²) in [6.45, 7) is 0.764. The minimum Gasteiger partial charge on any atom is -0.494 e. The summed E-state index contributed by atoms with van der Waals surface area (Å²) in [6.07, 6.45) is 3.69. The summed E-state index contributed by atoms with van der Waals surface area (Å²) < 4.78 is 32.9. The Bertz CT molecular complexity index is 740. The SMILES string of the molecule is COc1c(S(=O)(=O)N2CCC[C@@]3(CCC[C@H]3O)C2)ccc(Cl)c1Cl. The van der Waals surface area contributed by atoms with Gasteiger partial charge in [0.05, 0.1) is 18.2 Å². The minimum absolute atomic E-state index is 0.0175. The first-order chi connectivity index (χ1) is 11.3. The lowest BCUT2D eigenvalue weighted by molar-refractivity contribution is 0.0126. The van der Waals surface area contributed by atoms with Crippen LogP contribution in [-0.4, -0.2) is 44.1 Å². The third kappa shape index (κ3) is 2.92. The minimum atomic E-state index is -3.78. The molecule has 3 rings (SSSR count). The summed E-state index contributed by atoms with van der Waals surface area (Å²) in [5, 5.41) is 10.7. The predicted molar refractivity (Wildman–Crippen MR) is 93.3 cm³/mol. The lowest BCUT2D eigenvalue weighted by Gasteiger charge is -2.41. The Morgan fingerprint density at radius 2 is 2.00 bits per heavy atom. The molecule has 134 valence electrons. The molecule has 1 spiro atoms. The molecular formula is C16H21Cl2NO4S. The standard InChI is InChI=1S/C16H21Cl2NO4S/c1-23-15-12(6-5-11(17)14(15)18)24(21,22)19-9-3-8-16(10-19)7-2-4-13(16)20/h5-6,13,20H,2-4,7-10H2,1H3/t13-,16+/m1/s1. The summed E-state index contributed by atoms with van der Waals surface area (Å²) >= 11 is 12.1. The molecule has 1 saturated carbocycles. The molecule has 1 aromatic rings. The molecule has 1 aliphatic heterocycles. The van der Waals surface area contributed by atoms with Gasteiger partial charge in [0.25, 0.3) is 0 Å². The van der Waals surface area contributed by atoms with E-state index >= 15 is 0 Å². The van der Waals surface area contributed by atoms with Crippen LogP contribution in [0.5, 0.6) is 5.75 Å². The second kappa shape index (κ2) is 6.65. The highest BCUT2D eigenvalue weighted by atomic mass is 35.5. The average Bonchev–Trinajstić information content (AvgIpc) is 2.90. The molecule has 5 nitrogen and oxygen atoms in total. The van der Waals surface area contributed by atoms with Gasteiger partial charge in [-0.2, -0.15) is 4.31 Å². The van der Waals surface area contributed by atoms with E-state index in [1.54, 1.807) is 0 Å². The molecule has 2 atom stereocenters. The molecule has 0 aromatic heterocycles. The van der Waals surface area contributed by atoms with Crippen LogP contribution in [0.3, 0.4) is 0 Å². The number of sulfonamides is 1. The molecule has 2 aliphatic rings. The predicted octanol–water partition coefficient (Wildman–Crippen LogP) is 3.32. The Labute approximate surface area is 152 Å². The molecule has 1 heterocycles. The number of rotatable bonds is 3. The van der Waals surface area contributed by atoms with Gasteiger partial charge < -0.3 is 9.84 Å². The quantitative estimate of drug-likeness (QED) is 0.854. The molecule has 24 heavy (non-hydrogen) atoms. The zero-order valence-corrected chi connectivity index (χ0v) is 15.8. The van der Waals surface area contributed by atoms with Crippen LogP contribution in [-0.2, 0) is 10.0 Å². The lowest BCUT2D eigenvalue weighted by atomic mass is 9.77. The molecule has 1 N–H and O–H groups in total. The Morgan fingerprint density at radius 1 is 1.29 bits per heavy atom. The number of aliphatic hydroxyl groups excluding tert-OH is 1. The fraction of sp³-hybridized carbons (Fsp3) is 0.625.